The molecule has 4 rings (SSSR count). The highest BCUT2D eigenvalue weighted by atomic mass is 32.1. The van der Waals surface area contributed by atoms with E-state index in [4.69, 9.17) is 0 Å². The molecule has 0 bridgehead atoms. The molecular formula is C23H24N4O3S. The Bertz CT molecular complexity index is 1060. The van der Waals surface area contributed by atoms with Crippen molar-refractivity contribution in [3.63, 3.8) is 0 Å². The number of rotatable bonds is 5. The first-order chi connectivity index (χ1) is 15.0. The number of hydrogen-bond donors (Lipinski definition) is 2. The van der Waals surface area contributed by atoms with Gasteiger partial charge in [0.25, 0.3) is 5.91 Å². The van der Waals surface area contributed by atoms with Crippen LogP contribution in [0.2, 0.25) is 0 Å². The van der Waals surface area contributed by atoms with E-state index >= 15 is 0 Å². The van der Waals surface area contributed by atoms with Crippen LogP contribution in [0.1, 0.15) is 47.8 Å². The SMILES string of the molecule is CC(C(=O)Nc1sc2c(c1C#N)CCCCC2)N1C(=O)NC(Cc2ccccc2)C1=O. The van der Waals surface area contributed by atoms with E-state index in [2.05, 4.69) is 16.7 Å². The number of carbonyl (C=O) groups excluding carboxylic acids is 3. The molecule has 160 valence electrons. The van der Waals surface area contributed by atoms with E-state index in [0.717, 1.165) is 53.0 Å². The average Bonchev–Trinajstić information content (AvgIpc) is 3.11. The molecule has 1 fully saturated rings. The highest BCUT2D eigenvalue weighted by Gasteiger charge is 2.43. The second-order valence-electron chi connectivity index (χ2n) is 7.95. The Balaban J connectivity index is 1.48. The third kappa shape index (κ3) is 4.19. The highest BCUT2D eigenvalue weighted by Crippen LogP contribution is 2.37. The summed E-state index contributed by atoms with van der Waals surface area (Å²) in [6, 6.07) is 9.40. The lowest BCUT2D eigenvalue weighted by atomic mass is 10.1. The van der Waals surface area contributed by atoms with Crippen molar-refractivity contribution in [2.45, 2.75) is 57.5 Å². The van der Waals surface area contributed by atoms with E-state index in [9.17, 15) is 19.6 Å². The fourth-order valence-electron chi connectivity index (χ4n) is 4.19. The summed E-state index contributed by atoms with van der Waals surface area (Å²) in [4.78, 5) is 40.4. The summed E-state index contributed by atoms with van der Waals surface area (Å²) >= 11 is 1.43. The van der Waals surface area contributed by atoms with E-state index in [1.807, 2.05) is 30.3 Å². The van der Waals surface area contributed by atoms with E-state index in [0.29, 0.717) is 17.0 Å². The molecule has 0 radical (unpaired) electrons. The number of nitrogens with zero attached hydrogens (tertiary/aromatic N) is 2. The lowest BCUT2D eigenvalue weighted by Gasteiger charge is -2.20. The molecule has 7 nitrogen and oxygen atoms in total. The van der Waals surface area contributed by atoms with Crippen LogP contribution in [0.3, 0.4) is 0 Å². The molecule has 1 aromatic carbocycles. The number of urea groups is 1. The van der Waals surface area contributed by atoms with Gasteiger partial charge in [-0.1, -0.05) is 36.8 Å². The Kier molecular flexibility index (Phi) is 6.05. The van der Waals surface area contributed by atoms with Crippen LogP contribution in [0.25, 0.3) is 0 Å². The summed E-state index contributed by atoms with van der Waals surface area (Å²) < 4.78 is 0. The van der Waals surface area contributed by atoms with Crippen LogP contribution >= 0.6 is 11.3 Å². The van der Waals surface area contributed by atoms with E-state index < -0.39 is 29.9 Å². The van der Waals surface area contributed by atoms with Gasteiger partial charge in [0.15, 0.2) is 0 Å². The van der Waals surface area contributed by atoms with Crippen LogP contribution in [0, 0.1) is 11.3 Å². The number of aryl methyl sites for hydroxylation is 1. The molecule has 2 N–H and O–H groups in total. The maximum absolute atomic E-state index is 12.9. The lowest BCUT2D eigenvalue weighted by molar-refractivity contribution is -0.133. The summed E-state index contributed by atoms with van der Waals surface area (Å²) in [7, 11) is 0. The highest BCUT2D eigenvalue weighted by molar-refractivity contribution is 7.16. The zero-order valence-electron chi connectivity index (χ0n) is 17.3. The molecule has 2 atom stereocenters. The van der Waals surface area contributed by atoms with Crippen molar-refractivity contribution in [1.82, 2.24) is 10.2 Å². The molecule has 8 heteroatoms. The number of fused-ring (bicyclic) bond motifs is 1. The Morgan fingerprint density at radius 1 is 1.26 bits per heavy atom. The summed E-state index contributed by atoms with van der Waals surface area (Å²) in [6.07, 6.45) is 5.37. The fourth-order valence-corrected chi connectivity index (χ4v) is 5.43. The molecule has 1 aliphatic heterocycles. The van der Waals surface area contributed by atoms with Gasteiger partial charge in [0.05, 0.1) is 5.56 Å². The van der Waals surface area contributed by atoms with Crippen LogP contribution in [-0.4, -0.2) is 34.8 Å². The minimum Gasteiger partial charge on any atom is -0.325 e. The molecule has 1 aliphatic carbocycles. The van der Waals surface area contributed by atoms with Crippen LogP contribution in [-0.2, 0) is 28.9 Å². The van der Waals surface area contributed by atoms with Gasteiger partial charge in [-0.15, -0.1) is 11.3 Å². The normalized spacial score (nSPS) is 19.2. The molecule has 1 aromatic heterocycles. The monoisotopic (exact) mass is 436 g/mol. The summed E-state index contributed by atoms with van der Waals surface area (Å²) in [6.45, 7) is 1.53. The smallest absolute Gasteiger partial charge is 0.325 e. The molecule has 2 aliphatic rings. The summed E-state index contributed by atoms with van der Waals surface area (Å²) in [5, 5.41) is 15.7. The van der Waals surface area contributed by atoms with Gasteiger partial charge in [-0.05, 0) is 43.7 Å². The molecular weight excluding hydrogens is 412 g/mol. The van der Waals surface area contributed by atoms with Gasteiger partial charge in [0.2, 0.25) is 5.91 Å². The molecule has 1 saturated heterocycles. The fraction of sp³-hybridized carbons (Fsp3) is 0.391. The Morgan fingerprint density at radius 3 is 2.74 bits per heavy atom. The minimum absolute atomic E-state index is 0.368. The van der Waals surface area contributed by atoms with Crippen LogP contribution in [0.15, 0.2) is 30.3 Å². The van der Waals surface area contributed by atoms with Gasteiger partial charge >= 0.3 is 6.03 Å². The van der Waals surface area contributed by atoms with E-state index in [1.54, 1.807) is 0 Å². The Labute approximate surface area is 185 Å². The number of thiophene rings is 1. The largest absolute Gasteiger partial charge is 0.325 e. The first-order valence-corrected chi connectivity index (χ1v) is 11.3. The van der Waals surface area contributed by atoms with Gasteiger partial charge in [-0.3, -0.25) is 14.5 Å². The number of nitriles is 1. The van der Waals surface area contributed by atoms with E-state index in [1.165, 1.54) is 18.3 Å². The van der Waals surface area contributed by atoms with Crippen molar-refractivity contribution < 1.29 is 14.4 Å². The van der Waals surface area contributed by atoms with Gasteiger partial charge < -0.3 is 10.6 Å². The quantitative estimate of drug-likeness (QED) is 0.554. The van der Waals surface area contributed by atoms with Gasteiger partial charge in [0, 0.05) is 11.3 Å². The van der Waals surface area contributed by atoms with Crippen molar-refractivity contribution in [2.24, 2.45) is 0 Å². The first kappa shape index (κ1) is 21.1. The topological polar surface area (TPSA) is 102 Å². The summed E-state index contributed by atoms with van der Waals surface area (Å²) in [5.74, 6) is -0.893. The number of amides is 4. The number of carbonyl (C=O) groups is 3. The maximum atomic E-state index is 12.9. The standard InChI is InChI=1S/C23H24N4O3S/c1-14(27-22(29)18(25-23(27)30)12-15-8-4-2-5-9-15)20(28)26-21-17(13-24)16-10-6-3-7-11-19(16)31-21/h2,4-5,8-9,14,18H,3,6-7,10-12H2,1H3,(H,25,30)(H,26,28). The predicted octanol–water partition coefficient (Wildman–Crippen LogP) is 3.38. The van der Waals surface area contributed by atoms with Crippen molar-refractivity contribution in [1.29, 1.82) is 5.26 Å². The number of nitrogens with one attached hydrogen (secondary N) is 2. The van der Waals surface area contributed by atoms with Gasteiger partial charge in [-0.25, -0.2) is 4.79 Å². The summed E-state index contributed by atoms with van der Waals surface area (Å²) in [5.41, 5.74) is 2.48. The third-order valence-corrected chi connectivity index (χ3v) is 7.08. The molecule has 0 spiro atoms. The second kappa shape index (κ2) is 8.90. The van der Waals surface area contributed by atoms with E-state index in [-0.39, 0.29) is 0 Å². The molecule has 31 heavy (non-hydrogen) atoms. The van der Waals surface area contributed by atoms with Crippen molar-refractivity contribution in [3.05, 3.63) is 51.9 Å². The molecule has 2 unspecified atom stereocenters. The van der Waals surface area contributed by atoms with Gasteiger partial charge in [-0.2, -0.15) is 5.26 Å². The molecule has 0 saturated carbocycles. The second-order valence-corrected chi connectivity index (χ2v) is 9.05. The maximum Gasteiger partial charge on any atom is 0.325 e. The minimum atomic E-state index is -0.985. The predicted molar refractivity (Wildman–Crippen MR) is 118 cm³/mol. The first-order valence-electron chi connectivity index (χ1n) is 10.5. The van der Waals surface area contributed by atoms with Gasteiger partial charge in [0.1, 0.15) is 23.2 Å². The number of imide groups is 1. The van der Waals surface area contributed by atoms with Crippen LogP contribution in [0.5, 0.6) is 0 Å². The van der Waals surface area contributed by atoms with Crippen LogP contribution < -0.4 is 10.6 Å². The van der Waals surface area contributed by atoms with Crippen molar-refractivity contribution in [3.8, 4) is 6.07 Å². The van der Waals surface area contributed by atoms with Crippen molar-refractivity contribution in [2.75, 3.05) is 5.32 Å². The molecule has 2 aromatic rings. The zero-order chi connectivity index (χ0) is 22.0. The number of benzene rings is 1. The number of anilines is 1. The average molecular weight is 437 g/mol. The lowest BCUT2D eigenvalue weighted by Crippen LogP contribution is -2.46. The van der Waals surface area contributed by atoms with Crippen LogP contribution in [0.4, 0.5) is 9.80 Å². The Morgan fingerprint density at radius 2 is 2.00 bits per heavy atom. The molecule has 2 heterocycles. The molecule has 4 amide bonds. The van der Waals surface area contributed by atoms with Crippen molar-refractivity contribution >= 4 is 34.2 Å². The zero-order valence-corrected chi connectivity index (χ0v) is 18.1. The Hall–Kier alpha value is -3.18. The number of hydrogen-bond acceptors (Lipinski definition) is 5. The third-order valence-electron chi connectivity index (χ3n) is 5.87.